The van der Waals surface area contributed by atoms with E-state index in [-0.39, 0.29) is 6.54 Å². The van der Waals surface area contributed by atoms with E-state index >= 15 is 0 Å². The van der Waals surface area contributed by atoms with Crippen molar-refractivity contribution < 1.29 is 13.2 Å². The molecule has 6 heteroatoms. The summed E-state index contributed by atoms with van der Waals surface area (Å²) < 4.78 is 25.8. The first-order valence-electron chi connectivity index (χ1n) is 5.98. The fourth-order valence-corrected chi connectivity index (χ4v) is 2.61. The molecule has 2 rings (SSSR count). The largest absolute Gasteiger partial charge is 0.338 e. The molecule has 5 nitrogen and oxygen atoms in total. The number of aryl methyl sites for hydroxylation is 1. The Hall–Kier alpha value is -1.82. The van der Waals surface area contributed by atoms with Crippen LogP contribution in [0.15, 0.2) is 30.5 Å². The van der Waals surface area contributed by atoms with Crippen LogP contribution in [0, 0.1) is 0 Å². The van der Waals surface area contributed by atoms with Crippen LogP contribution in [-0.4, -0.2) is 25.1 Å². The number of sulfonamides is 1. The van der Waals surface area contributed by atoms with Gasteiger partial charge >= 0.3 is 0 Å². The first kappa shape index (κ1) is 13.6. The summed E-state index contributed by atoms with van der Waals surface area (Å²) in [7, 11) is -3.51. The van der Waals surface area contributed by atoms with Gasteiger partial charge in [0, 0.05) is 17.1 Å². The lowest BCUT2D eigenvalue weighted by molar-refractivity contribution is -0.119. The molecule has 0 saturated heterocycles. The summed E-state index contributed by atoms with van der Waals surface area (Å²) in [5.41, 5.74) is 2.07. The fraction of sp³-hybridized carbons (Fsp3) is 0.308. The molecule has 0 aliphatic heterocycles. The summed E-state index contributed by atoms with van der Waals surface area (Å²) in [6, 6.07) is 7.76. The van der Waals surface area contributed by atoms with Crippen molar-refractivity contribution in [3.05, 3.63) is 36.0 Å². The quantitative estimate of drug-likeness (QED) is 0.917. The van der Waals surface area contributed by atoms with Gasteiger partial charge in [0.2, 0.25) is 10.0 Å². The van der Waals surface area contributed by atoms with Crippen molar-refractivity contribution in [3.8, 4) is 0 Å². The highest BCUT2D eigenvalue weighted by Gasteiger charge is 2.12. The van der Waals surface area contributed by atoms with E-state index in [1.807, 2.05) is 42.1 Å². The van der Waals surface area contributed by atoms with Gasteiger partial charge in [-0.3, -0.25) is 9.52 Å². The Morgan fingerprint density at radius 2 is 2.00 bits per heavy atom. The van der Waals surface area contributed by atoms with E-state index in [0.717, 1.165) is 29.1 Å². The Balaban J connectivity index is 2.33. The summed E-state index contributed by atoms with van der Waals surface area (Å²) in [6.45, 7) is 2.04. The van der Waals surface area contributed by atoms with Gasteiger partial charge in [-0.15, -0.1) is 0 Å². The maximum atomic E-state index is 11.7. The molecule has 2 aromatic rings. The van der Waals surface area contributed by atoms with Gasteiger partial charge in [-0.05, 0) is 18.1 Å². The number of hydrogen-bond donors (Lipinski definition) is 1. The third-order valence-electron chi connectivity index (χ3n) is 2.87. The van der Waals surface area contributed by atoms with Crippen LogP contribution in [0.2, 0.25) is 0 Å². The fourth-order valence-electron chi connectivity index (χ4n) is 2.13. The molecule has 0 aliphatic carbocycles. The monoisotopic (exact) mass is 280 g/mol. The van der Waals surface area contributed by atoms with Crippen molar-refractivity contribution in [2.24, 2.45) is 0 Å². The zero-order valence-corrected chi connectivity index (χ0v) is 11.7. The van der Waals surface area contributed by atoms with Gasteiger partial charge in [-0.25, -0.2) is 8.42 Å². The van der Waals surface area contributed by atoms with Crippen LogP contribution in [0.1, 0.15) is 12.5 Å². The maximum absolute atomic E-state index is 11.7. The first-order chi connectivity index (χ1) is 8.90. The number of benzene rings is 1. The van der Waals surface area contributed by atoms with Crippen molar-refractivity contribution in [1.82, 2.24) is 9.29 Å². The molecule has 0 spiro atoms. The van der Waals surface area contributed by atoms with Crippen LogP contribution < -0.4 is 4.72 Å². The molecule has 1 aromatic carbocycles. The summed E-state index contributed by atoms with van der Waals surface area (Å²) >= 11 is 0. The second-order valence-electron chi connectivity index (χ2n) is 4.45. The number of rotatable bonds is 4. The number of hydrogen-bond acceptors (Lipinski definition) is 3. The average Bonchev–Trinajstić information content (AvgIpc) is 2.65. The Labute approximate surface area is 112 Å². The normalized spacial score (nSPS) is 11.7. The highest BCUT2D eigenvalue weighted by Crippen LogP contribution is 2.21. The van der Waals surface area contributed by atoms with E-state index < -0.39 is 15.9 Å². The number of amides is 1. The Bertz CT molecular complexity index is 717. The molecular formula is C13H16N2O3S. The van der Waals surface area contributed by atoms with Gasteiger partial charge < -0.3 is 4.57 Å². The third-order valence-corrected chi connectivity index (χ3v) is 3.46. The van der Waals surface area contributed by atoms with Gasteiger partial charge in [0.05, 0.1) is 6.26 Å². The summed E-state index contributed by atoms with van der Waals surface area (Å²) in [6.07, 6.45) is 3.73. The first-order valence-corrected chi connectivity index (χ1v) is 7.87. The van der Waals surface area contributed by atoms with Gasteiger partial charge in [0.15, 0.2) is 0 Å². The third kappa shape index (κ3) is 3.14. The number of nitrogens with one attached hydrogen (secondary N) is 1. The highest BCUT2D eigenvalue weighted by molar-refractivity contribution is 7.89. The molecule has 102 valence electrons. The standard InChI is InChI=1S/C13H16N2O3S/c1-3-10-8-15(9-13(16)14-19(2,17)18)12-7-5-4-6-11(10)12/h4-8H,3,9H2,1-2H3,(H,14,16). The van der Waals surface area contributed by atoms with Crippen molar-refractivity contribution in [2.75, 3.05) is 6.26 Å². The minimum Gasteiger partial charge on any atom is -0.338 e. The topological polar surface area (TPSA) is 68.2 Å². The summed E-state index contributed by atoms with van der Waals surface area (Å²) in [5.74, 6) is -0.536. The molecular weight excluding hydrogens is 264 g/mol. The van der Waals surface area contributed by atoms with Crippen LogP contribution in [0.4, 0.5) is 0 Å². The van der Waals surface area contributed by atoms with E-state index in [4.69, 9.17) is 0 Å². The molecule has 1 heterocycles. The van der Waals surface area contributed by atoms with E-state index in [9.17, 15) is 13.2 Å². The predicted molar refractivity (Wildman–Crippen MR) is 74.3 cm³/mol. The number of fused-ring (bicyclic) bond motifs is 1. The Morgan fingerprint density at radius 1 is 1.32 bits per heavy atom. The van der Waals surface area contributed by atoms with Crippen LogP contribution in [0.3, 0.4) is 0 Å². The smallest absolute Gasteiger partial charge is 0.253 e. The molecule has 0 saturated carbocycles. The minimum absolute atomic E-state index is 0.00637. The molecule has 0 bridgehead atoms. The van der Waals surface area contributed by atoms with E-state index in [1.165, 1.54) is 0 Å². The van der Waals surface area contributed by atoms with Crippen LogP contribution in [-0.2, 0) is 27.8 Å². The predicted octanol–water partition coefficient (Wildman–Crippen LogP) is 1.28. The minimum atomic E-state index is -3.51. The van der Waals surface area contributed by atoms with E-state index in [0.29, 0.717) is 0 Å². The maximum Gasteiger partial charge on any atom is 0.253 e. The van der Waals surface area contributed by atoms with E-state index in [2.05, 4.69) is 0 Å². The summed E-state index contributed by atoms with van der Waals surface area (Å²) in [5, 5.41) is 1.09. The Morgan fingerprint density at radius 3 is 2.63 bits per heavy atom. The van der Waals surface area contributed by atoms with Crippen LogP contribution in [0.5, 0.6) is 0 Å². The molecule has 19 heavy (non-hydrogen) atoms. The second-order valence-corrected chi connectivity index (χ2v) is 6.20. The molecule has 0 fully saturated rings. The average molecular weight is 280 g/mol. The number of aromatic nitrogens is 1. The van der Waals surface area contributed by atoms with Crippen molar-refractivity contribution in [2.45, 2.75) is 19.9 Å². The molecule has 1 N–H and O–H groups in total. The molecule has 1 amide bonds. The van der Waals surface area contributed by atoms with E-state index in [1.54, 1.807) is 4.57 Å². The zero-order valence-electron chi connectivity index (χ0n) is 10.9. The molecule has 0 unspecified atom stereocenters. The van der Waals surface area contributed by atoms with Gasteiger partial charge in [0.25, 0.3) is 5.91 Å². The summed E-state index contributed by atoms with van der Waals surface area (Å²) in [4.78, 5) is 11.7. The lowest BCUT2D eigenvalue weighted by atomic mass is 10.1. The number of nitrogens with zero attached hydrogens (tertiary/aromatic N) is 1. The van der Waals surface area contributed by atoms with Crippen molar-refractivity contribution in [1.29, 1.82) is 0 Å². The molecule has 0 atom stereocenters. The SMILES string of the molecule is CCc1cn(CC(=O)NS(C)(=O)=O)c2ccccc12. The number of carbonyl (C=O) groups is 1. The van der Waals surface area contributed by atoms with Crippen molar-refractivity contribution >= 4 is 26.8 Å². The van der Waals surface area contributed by atoms with Gasteiger partial charge in [-0.1, -0.05) is 25.1 Å². The highest BCUT2D eigenvalue weighted by atomic mass is 32.2. The molecule has 0 aliphatic rings. The number of carbonyl (C=O) groups excluding carboxylic acids is 1. The van der Waals surface area contributed by atoms with Gasteiger partial charge in [-0.2, -0.15) is 0 Å². The second kappa shape index (κ2) is 5.05. The zero-order chi connectivity index (χ0) is 14.0. The Kier molecular flexibility index (Phi) is 3.61. The lowest BCUT2D eigenvalue weighted by Crippen LogP contribution is -2.32. The van der Waals surface area contributed by atoms with Gasteiger partial charge in [0.1, 0.15) is 6.54 Å². The lowest BCUT2D eigenvalue weighted by Gasteiger charge is -2.05. The van der Waals surface area contributed by atoms with Crippen molar-refractivity contribution in [3.63, 3.8) is 0 Å². The molecule has 1 aromatic heterocycles. The molecule has 0 radical (unpaired) electrons. The van der Waals surface area contributed by atoms with Crippen LogP contribution in [0.25, 0.3) is 10.9 Å². The van der Waals surface area contributed by atoms with Crippen LogP contribution >= 0.6 is 0 Å². The number of para-hydroxylation sites is 1.